The van der Waals surface area contributed by atoms with Gasteiger partial charge in [-0.1, -0.05) is 32.6 Å². The number of anilines is 1. The van der Waals surface area contributed by atoms with E-state index in [1.54, 1.807) is 0 Å². The Balaban J connectivity index is 2.83. The third-order valence-corrected chi connectivity index (χ3v) is 2.76. The van der Waals surface area contributed by atoms with Crippen LogP contribution in [0.25, 0.3) is 0 Å². The van der Waals surface area contributed by atoms with E-state index in [-0.39, 0.29) is 0 Å². The van der Waals surface area contributed by atoms with Crippen molar-refractivity contribution in [3.63, 3.8) is 0 Å². The molecule has 0 aromatic heterocycles. The average Bonchev–Trinajstić information content (AvgIpc) is 2.27. The first-order valence-corrected chi connectivity index (χ1v) is 5.14. The molecule has 0 aliphatic rings. The summed E-state index contributed by atoms with van der Waals surface area (Å²) in [7, 11) is 2.01. The highest BCUT2D eigenvalue weighted by Crippen LogP contribution is 2.21. The van der Waals surface area contributed by atoms with Gasteiger partial charge in [-0.25, -0.2) is 0 Å². The lowest BCUT2D eigenvalue weighted by Gasteiger charge is -2.15. The fourth-order valence-corrected chi connectivity index (χ4v) is 1.38. The van der Waals surface area contributed by atoms with Gasteiger partial charge in [-0.05, 0) is 36.2 Å². The molecule has 1 rings (SSSR count). The zero-order valence-corrected chi connectivity index (χ0v) is 9.33. The molecule has 0 bridgehead atoms. The van der Waals surface area contributed by atoms with E-state index in [4.69, 9.17) is 0 Å². The van der Waals surface area contributed by atoms with E-state index in [2.05, 4.69) is 44.7 Å². The first-order chi connectivity index (χ1) is 6.69. The van der Waals surface area contributed by atoms with E-state index in [1.165, 1.54) is 17.7 Å². The van der Waals surface area contributed by atoms with Crippen molar-refractivity contribution < 1.29 is 0 Å². The Morgan fingerprint density at radius 3 is 2.36 bits per heavy atom. The SMILES string of the molecule is C=CN(C)c1ccc(C(C)CC)cc1. The zero-order chi connectivity index (χ0) is 10.6. The Bertz CT molecular complexity index is 287. The Labute approximate surface area is 87.1 Å². The number of rotatable bonds is 4. The van der Waals surface area contributed by atoms with Crippen molar-refractivity contribution in [2.45, 2.75) is 26.2 Å². The molecule has 14 heavy (non-hydrogen) atoms. The molecule has 0 fully saturated rings. The van der Waals surface area contributed by atoms with Crippen LogP contribution in [0.1, 0.15) is 31.7 Å². The first kappa shape index (κ1) is 10.8. The van der Waals surface area contributed by atoms with E-state index in [9.17, 15) is 0 Å². The highest BCUT2D eigenvalue weighted by Gasteiger charge is 2.02. The summed E-state index contributed by atoms with van der Waals surface area (Å²) < 4.78 is 0. The minimum absolute atomic E-state index is 0.651. The van der Waals surface area contributed by atoms with Crippen molar-refractivity contribution in [3.8, 4) is 0 Å². The van der Waals surface area contributed by atoms with Gasteiger partial charge in [0.1, 0.15) is 0 Å². The number of nitrogens with zero attached hydrogens (tertiary/aromatic N) is 1. The maximum absolute atomic E-state index is 3.74. The highest BCUT2D eigenvalue weighted by atomic mass is 15.1. The van der Waals surface area contributed by atoms with Crippen molar-refractivity contribution in [2.24, 2.45) is 0 Å². The second-order valence-electron chi connectivity index (χ2n) is 3.69. The van der Waals surface area contributed by atoms with E-state index in [0.717, 1.165) is 0 Å². The lowest BCUT2D eigenvalue weighted by molar-refractivity contribution is 0.733. The van der Waals surface area contributed by atoms with Gasteiger partial charge in [-0.3, -0.25) is 0 Å². The smallest absolute Gasteiger partial charge is 0.0403 e. The first-order valence-electron chi connectivity index (χ1n) is 5.14. The van der Waals surface area contributed by atoms with Gasteiger partial charge in [0, 0.05) is 12.7 Å². The average molecular weight is 189 g/mol. The molecule has 0 saturated heterocycles. The largest absolute Gasteiger partial charge is 0.352 e. The predicted molar refractivity (Wildman–Crippen MR) is 63.7 cm³/mol. The fraction of sp³-hybridized carbons (Fsp3) is 0.385. The molecule has 0 N–H and O–H groups in total. The van der Waals surface area contributed by atoms with Gasteiger partial charge in [0.2, 0.25) is 0 Å². The summed E-state index contributed by atoms with van der Waals surface area (Å²) in [5.74, 6) is 0.651. The summed E-state index contributed by atoms with van der Waals surface area (Å²) in [6.07, 6.45) is 3.01. The van der Waals surface area contributed by atoms with Crippen LogP contribution in [0, 0.1) is 0 Å². The van der Waals surface area contributed by atoms with E-state index in [0.29, 0.717) is 5.92 Å². The van der Waals surface area contributed by atoms with Crippen LogP contribution in [0.3, 0.4) is 0 Å². The molecule has 1 aromatic rings. The summed E-state index contributed by atoms with van der Waals surface area (Å²) in [5.41, 5.74) is 2.60. The molecule has 1 aromatic carbocycles. The van der Waals surface area contributed by atoms with Gasteiger partial charge in [0.25, 0.3) is 0 Å². The molecule has 0 amide bonds. The maximum atomic E-state index is 3.74. The summed E-state index contributed by atoms with van der Waals surface area (Å²) in [4.78, 5) is 2.01. The lowest BCUT2D eigenvalue weighted by Crippen LogP contribution is -2.06. The van der Waals surface area contributed by atoms with Gasteiger partial charge < -0.3 is 4.90 Å². The third-order valence-electron chi connectivity index (χ3n) is 2.76. The van der Waals surface area contributed by atoms with Crippen molar-refractivity contribution >= 4 is 5.69 Å². The number of benzene rings is 1. The van der Waals surface area contributed by atoms with E-state index in [1.807, 2.05) is 18.1 Å². The summed E-state index contributed by atoms with van der Waals surface area (Å²) in [5, 5.41) is 0. The zero-order valence-electron chi connectivity index (χ0n) is 9.33. The normalized spacial score (nSPS) is 12.2. The quantitative estimate of drug-likeness (QED) is 0.696. The molecule has 0 saturated carbocycles. The highest BCUT2D eigenvalue weighted by molar-refractivity contribution is 5.49. The van der Waals surface area contributed by atoms with Crippen molar-refractivity contribution in [3.05, 3.63) is 42.6 Å². The standard InChI is InChI=1S/C13H19N/c1-5-11(3)12-7-9-13(10-8-12)14(4)6-2/h6-11H,2,5H2,1,3-4H3. The second-order valence-corrected chi connectivity index (χ2v) is 3.69. The van der Waals surface area contributed by atoms with E-state index < -0.39 is 0 Å². The summed E-state index contributed by atoms with van der Waals surface area (Å²) in [6, 6.07) is 8.68. The molecule has 0 radical (unpaired) electrons. The van der Waals surface area contributed by atoms with Gasteiger partial charge in [0.15, 0.2) is 0 Å². The van der Waals surface area contributed by atoms with Gasteiger partial charge in [0.05, 0.1) is 0 Å². The molecule has 0 aliphatic carbocycles. The Morgan fingerprint density at radius 1 is 1.36 bits per heavy atom. The Kier molecular flexibility index (Phi) is 3.75. The van der Waals surface area contributed by atoms with Crippen LogP contribution < -0.4 is 4.90 Å². The van der Waals surface area contributed by atoms with Gasteiger partial charge in [-0.15, -0.1) is 0 Å². The van der Waals surface area contributed by atoms with Crippen LogP contribution in [0.2, 0.25) is 0 Å². The minimum atomic E-state index is 0.651. The Hall–Kier alpha value is -1.24. The topological polar surface area (TPSA) is 3.24 Å². The Morgan fingerprint density at radius 2 is 1.93 bits per heavy atom. The third kappa shape index (κ3) is 2.38. The van der Waals surface area contributed by atoms with Gasteiger partial charge >= 0.3 is 0 Å². The fourth-order valence-electron chi connectivity index (χ4n) is 1.38. The summed E-state index contributed by atoms with van der Waals surface area (Å²) >= 11 is 0. The summed E-state index contributed by atoms with van der Waals surface area (Å²) in [6.45, 7) is 8.21. The molecule has 1 nitrogen and oxygen atoms in total. The molecule has 1 unspecified atom stereocenters. The number of hydrogen-bond donors (Lipinski definition) is 0. The molecule has 0 heterocycles. The van der Waals surface area contributed by atoms with Crippen LogP contribution in [0.15, 0.2) is 37.0 Å². The van der Waals surface area contributed by atoms with Crippen LogP contribution in [0.4, 0.5) is 5.69 Å². The van der Waals surface area contributed by atoms with Gasteiger partial charge in [-0.2, -0.15) is 0 Å². The lowest BCUT2D eigenvalue weighted by atomic mass is 9.98. The van der Waals surface area contributed by atoms with Crippen molar-refractivity contribution in [2.75, 3.05) is 11.9 Å². The molecule has 1 heteroatoms. The minimum Gasteiger partial charge on any atom is -0.352 e. The molecule has 0 aliphatic heterocycles. The van der Waals surface area contributed by atoms with Crippen LogP contribution in [0.5, 0.6) is 0 Å². The van der Waals surface area contributed by atoms with E-state index >= 15 is 0 Å². The molecular formula is C13H19N. The molecular weight excluding hydrogens is 170 g/mol. The van der Waals surface area contributed by atoms with Crippen LogP contribution in [-0.2, 0) is 0 Å². The molecule has 1 atom stereocenters. The van der Waals surface area contributed by atoms with Crippen molar-refractivity contribution in [1.29, 1.82) is 0 Å². The maximum Gasteiger partial charge on any atom is 0.0403 e. The van der Waals surface area contributed by atoms with Crippen molar-refractivity contribution in [1.82, 2.24) is 0 Å². The van der Waals surface area contributed by atoms with Crippen LogP contribution in [-0.4, -0.2) is 7.05 Å². The predicted octanol–water partition coefficient (Wildman–Crippen LogP) is 3.78. The molecule has 76 valence electrons. The van der Waals surface area contributed by atoms with Crippen LogP contribution >= 0.6 is 0 Å². The number of hydrogen-bond acceptors (Lipinski definition) is 1. The monoisotopic (exact) mass is 189 g/mol. The second kappa shape index (κ2) is 4.85. The molecule has 0 spiro atoms.